The Balaban J connectivity index is 1.36. The Morgan fingerprint density at radius 3 is 2.73 bits per heavy atom. The molecule has 2 bridgehead atoms. The fraction of sp³-hybridized carbons (Fsp3) is 0.545. The van der Waals surface area contributed by atoms with E-state index in [9.17, 15) is 9.59 Å². The van der Waals surface area contributed by atoms with Gasteiger partial charge in [0.2, 0.25) is 5.88 Å². The van der Waals surface area contributed by atoms with Gasteiger partial charge in [-0.1, -0.05) is 17.7 Å². The molecular formula is C22H26ClNO6. The number of piperidine rings is 1. The highest BCUT2D eigenvalue weighted by Gasteiger charge is 2.42. The fourth-order valence-corrected chi connectivity index (χ4v) is 4.73. The molecule has 2 aliphatic heterocycles. The average molecular weight is 436 g/mol. The first-order valence-electron chi connectivity index (χ1n) is 10.4. The van der Waals surface area contributed by atoms with E-state index in [0.717, 1.165) is 25.7 Å². The van der Waals surface area contributed by atoms with Gasteiger partial charge < -0.3 is 23.5 Å². The second-order valence-electron chi connectivity index (χ2n) is 7.68. The molecule has 1 aromatic carbocycles. The summed E-state index contributed by atoms with van der Waals surface area (Å²) >= 11 is 6.26. The Labute approximate surface area is 179 Å². The quantitative estimate of drug-likeness (QED) is 0.463. The molecule has 162 valence electrons. The summed E-state index contributed by atoms with van der Waals surface area (Å²) in [4.78, 5) is 26.1. The second-order valence-corrected chi connectivity index (χ2v) is 8.09. The summed E-state index contributed by atoms with van der Waals surface area (Å²) in [5.74, 6) is 0.227. The zero-order chi connectivity index (χ0) is 21.1. The van der Waals surface area contributed by atoms with Crippen LogP contribution in [-0.2, 0) is 19.0 Å². The molecule has 0 radical (unpaired) electrons. The molecule has 0 aliphatic carbocycles. The van der Waals surface area contributed by atoms with Crippen LogP contribution in [0.2, 0.25) is 5.02 Å². The molecule has 3 heterocycles. The molecule has 0 N–H and O–H groups in total. The molecule has 30 heavy (non-hydrogen) atoms. The van der Waals surface area contributed by atoms with Crippen LogP contribution in [0.25, 0.3) is 11.0 Å². The number of para-hydroxylation sites is 1. The summed E-state index contributed by atoms with van der Waals surface area (Å²) < 4.78 is 22.2. The van der Waals surface area contributed by atoms with E-state index in [2.05, 4.69) is 4.90 Å². The van der Waals surface area contributed by atoms with E-state index in [0.29, 0.717) is 41.7 Å². The number of hydrogen-bond donors (Lipinski definition) is 0. The molecular weight excluding hydrogens is 410 g/mol. The number of halogens is 1. The number of carbonyl (C=O) groups excluding carboxylic acids is 1. The van der Waals surface area contributed by atoms with E-state index in [-0.39, 0.29) is 36.2 Å². The summed E-state index contributed by atoms with van der Waals surface area (Å²) in [6.07, 6.45) is 3.92. The molecule has 4 rings (SSSR count). The minimum absolute atomic E-state index is 0.0511. The first-order chi connectivity index (χ1) is 14.6. The molecule has 0 spiro atoms. The zero-order valence-electron chi connectivity index (χ0n) is 17.0. The Morgan fingerprint density at radius 1 is 1.23 bits per heavy atom. The van der Waals surface area contributed by atoms with Crippen LogP contribution in [0.15, 0.2) is 33.5 Å². The van der Waals surface area contributed by atoms with Crippen LogP contribution in [0, 0.1) is 0 Å². The number of fused-ring (bicyclic) bond motifs is 3. The predicted molar refractivity (Wildman–Crippen MR) is 113 cm³/mol. The van der Waals surface area contributed by atoms with Crippen molar-refractivity contribution < 1.29 is 23.4 Å². The largest absolute Gasteiger partial charge is 0.464 e. The predicted octanol–water partition coefficient (Wildman–Crippen LogP) is 3.54. The fourth-order valence-electron chi connectivity index (χ4n) is 4.51. The Hall–Kier alpha value is -2.09. The molecule has 2 saturated heterocycles. The van der Waals surface area contributed by atoms with Crippen molar-refractivity contribution in [3.8, 4) is 0 Å². The van der Waals surface area contributed by atoms with Crippen molar-refractivity contribution in [1.29, 1.82) is 0 Å². The van der Waals surface area contributed by atoms with Crippen molar-refractivity contribution in [2.45, 2.75) is 50.8 Å². The van der Waals surface area contributed by atoms with Crippen molar-refractivity contribution in [3.63, 3.8) is 0 Å². The first-order valence-corrected chi connectivity index (χ1v) is 10.8. The molecule has 2 fully saturated rings. The molecule has 8 heteroatoms. The summed E-state index contributed by atoms with van der Waals surface area (Å²) in [5, 5.41) is 0.944. The maximum absolute atomic E-state index is 12.6. The van der Waals surface area contributed by atoms with Gasteiger partial charge in [0, 0.05) is 18.2 Å². The van der Waals surface area contributed by atoms with Crippen molar-refractivity contribution in [3.05, 3.63) is 39.5 Å². The zero-order valence-corrected chi connectivity index (χ0v) is 17.7. The van der Waals surface area contributed by atoms with Gasteiger partial charge in [0.1, 0.15) is 6.61 Å². The molecule has 2 unspecified atom stereocenters. The Kier molecular flexibility index (Phi) is 6.61. The molecule has 2 aliphatic rings. The van der Waals surface area contributed by atoms with E-state index in [1.54, 1.807) is 31.2 Å². The van der Waals surface area contributed by atoms with Crippen LogP contribution in [-0.4, -0.2) is 50.6 Å². The minimum atomic E-state index is -0.360. The Morgan fingerprint density at radius 2 is 2.00 bits per heavy atom. The summed E-state index contributed by atoms with van der Waals surface area (Å²) in [6, 6.07) is 7.32. The highest BCUT2D eigenvalue weighted by molar-refractivity contribution is 6.34. The van der Waals surface area contributed by atoms with Gasteiger partial charge in [-0.15, -0.1) is 0 Å². The van der Waals surface area contributed by atoms with Gasteiger partial charge in [0.15, 0.2) is 11.0 Å². The third-order valence-corrected chi connectivity index (χ3v) is 6.04. The van der Waals surface area contributed by atoms with Crippen molar-refractivity contribution in [2.24, 2.45) is 0 Å². The number of nitrogens with zero attached hydrogens (tertiary/aromatic N) is 1. The number of hydrogen-bond acceptors (Lipinski definition) is 7. The van der Waals surface area contributed by atoms with Gasteiger partial charge in [-0.25, -0.2) is 4.79 Å². The van der Waals surface area contributed by atoms with Crippen molar-refractivity contribution in [1.82, 2.24) is 0 Å². The highest BCUT2D eigenvalue weighted by atomic mass is 35.5. The van der Waals surface area contributed by atoms with Crippen molar-refractivity contribution >= 4 is 34.4 Å². The minimum Gasteiger partial charge on any atom is -0.464 e. The maximum atomic E-state index is 12.6. The van der Waals surface area contributed by atoms with Crippen LogP contribution < -0.4 is 10.3 Å². The number of esters is 1. The molecule has 0 amide bonds. The maximum Gasteiger partial charge on any atom is 0.332 e. The van der Waals surface area contributed by atoms with Crippen LogP contribution in [0.3, 0.4) is 0 Å². The molecule has 1 aromatic heterocycles. The van der Waals surface area contributed by atoms with Gasteiger partial charge in [-0.05, 0) is 44.7 Å². The van der Waals surface area contributed by atoms with Gasteiger partial charge in [-0.2, -0.15) is 0 Å². The lowest BCUT2D eigenvalue weighted by Gasteiger charge is -2.39. The van der Waals surface area contributed by atoms with Crippen LogP contribution >= 0.6 is 11.6 Å². The third kappa shape index (κ3) is 4.48. The topological polar surface area (TPSA) is 78.2 Å². The molecule has 0 saturated carbocycles. The lowest BCUT2D eigenvalue weighted by atomic mass is 9.99. The molecule has 2 atom stereocenters. The van der Waals surface area contributed by atoms with Gasteiger partial charge in [0.25, 0.3) is 0 Å². The van der Waals surface area contributed by atoms with Crippen LogP contribution in [0.1, 0.15) is 32.6 Å². The average Bonchev–Trinajstić information content (AvgIpc) is 2.99. The first kappa shape index (κ1) is 21.2. The number of rotatable bonds is 8. The normalized spacial score (nSPS) is 23.1. The van der Waals surface area contributed by atoms with E-state index in [4.69, 9.17) is 30.2 Å². The van der Waals surface area contributed by atoms with Crippen molar-refractivity contribution in [2.75, 3.05) is 31.3 Å². The summed E-state index contributed by atoms with van der Waals surface area (Å²) in [6.45, 7) is 2.85. The SMILES string of the molecule is CCOC(=O)COCCOC1CC2CCC(C1)N2c1cc(=O)c2cccc(Cl)c2o1. The van der Waals surface area contributed by atoms with E-state index >= 15 is 0 Å². The molecule has 7 nitrogen and oxygen atoms in total. The lowest BCUT2D eigenvalue weighted by molar-refractivity contribution is -0.149. The van der Waals surface area contributed by atoms with Gasteiger partial charge in [0.05, 0.1) is 36.3 Å². The van der Waals surface area contributed by atoms with E-state index in [1.807, 2.05) is 0 Å². The summed E-state index contributed by atoms with van der Waals surface area (Å²) in [7, 11) is 0. The lowest BCUT2D eigenvalue weighted by Crippen LogP contribution is -2.46. The van der Waals surface area contributed by atoms with Crippen LogP contribution in [0.4, 0.5) is 5.88 Å². The number of carbonyl (C=O) groups is 1. The second kappa shape index (κ2) is 9.37. The highest BCUT2D eigenvalue weighted by Crippen LogP contribution is 2.41. The van der Waals surface area contributed by atoms with E-state index in [1.165, 1.54) is 0 Å². The number of ether oxygens (including phenoxy) is 3. The third-order valence-electron chi connectivity index (χ3n) is 5.74. The smallest absolute Gasteiger partial charge is 0.332 e. The number of benzene rings is 1. The van der Waals surface area contributed by atoms with Gasteiger partial charge in [-0.3, -0.25) is 4.79 Å². The standard InChI is InChI=1S/C22H26ClNO6/c1-2-28-21(26)13-27-8-9-29-16-10-14-6-7-15(11-16)24(14)20-12-19(25)17-4-3-5-18(23)22(17)30-20/h3-5,12,14-16H,2,6-11,13H2,1H3. The van der Waals surface area contributed by atoms with Crippen LogP contribution in [0.5, 0.6) is 0 Å². The molecule has 2 aromatic rings. The summed E-state index contributed by atoms with van der Waals surface area (Å²) in [5.41, 5.74) is 0.364. The van der Waals surface area contributed by atoms with Gasteiger partial charge >= 0.3 is 5.97 Å². The van der Waals surface area contributed by atoms with E-state index < -0.39 is 0 Å². The number of anilines is 1. The Bertz CT molecular complexity index is 946. The monoisotopic (exact) mass is 435 g/mol.